The van der Waals surface area contributed by atoms with Gasteiger partial charge in [-0.15, -0.1) is 0 Å². The van der Waals surface area contributed by atoms with Crippen LogP contribution in [0, 0.1) is 20.8 Å². The van der Waals surface area contributed by atoms with E-state index >= 15 is 0 Å². The van der Waals surface area contributed by atoms with E-state index in [4.69, 9.17) is 11.6 Å². The second kappa shape index (κ2) is 8.47. The van der Waals surface area contributed by atoms with E-state index in [0.717, 1.165) is 33.3 Å². The molecule has 0 aliphatic carbocycles. The summed E-state index contributed by atoms with van der Waals surface area (Å²) in [4.78, 5) is 4.70. The third-order valence-electron chi connectivity index (χ3n) is 4.54. The average Bonchev–Trinajstić information content (AvgIpc) is 2.59. The summed E-state index contributed by atoms with van der Waals surface area (Å²) in [5, 5.41) is 4.98. The van der Waals surface area contributed by atoms with Crippen LogP contribution in [0.2, 0.25) is 5.02 Å². The van der Waals surface area contributed by atoms with Crippen LogP contribution in [-0.2, 0) is 10.0 Å². The number of hydrogen-bond donors (Lipinski definition) is 2. The molecule has 2 N–H and O–H groups in total. The highest BCUT2D eigenvalue weighted by Crippen LogP contribution is 2.24. The fourth-order valence-corrected chi connectivity index (χ4v) is 5.15. The minimum atomic E-state index is -3.53. The summed E-state index contributed by atoms with van der Waals surface area (Å²) < 4.78 is 28.1. The summed E-state index contributed by atoms with van der Waals surface area (Å²) in [6.07, 6.45) is 2.38. The molecular weight excluding hydrogens is 394 g/mol. The monoisotopic (exact) mass is 417 g/mol. The van der Waals surface area contributed by atoms with Gasteiger partial charge in [0.25, 0.3) is 0 Å². The van der Waals surface area contributed by atoms with E-state index in [1.165, 1.54) is 0 Å². The van der Waals surface area contributed by atoms with Gasteiger partial charge in [-0.3, -0.25) is 4.98 Å². The van der Waals surface area contributed by atoms with Gasteiger partial charge in [-0.25, -0.2) is 13.1 Å². The Hall–Kier alpha value is -2.15. The third-order valence-corrected chi connectivity index (χ3v) is 6.54. The predicted octanol–water partition coefficient (Wildman–Crippen LogP) is 4.59. The molecule has 0 bridgehead atoms. The number of aromatic nitrogens is 1. The lowest BCUT2D eigenvalue weighted by Crippen LogP contribution is -2.27. The molecule has 28 heavy (non-hydrogen) atoms. The largest absolute Gasteiger partial charge is 0.384 e. The molecule has 3 aromatic rings. The Morgan fingerprint density at radius 3 is 2.43 bits per heavy atom. The van der Waals surface area contributed by atoms with Crippen LogP contribution in [0.15, 0.2) is 47.5 Å². The predicted molar refractivity (Wildman–Crippen MR) is 116 cm³/mol. The number of fused-ring (bicyclic) bond motifs is 1. The summed E-state index contributed by atoms with van der Waals surface area (Å²) in [6.45, 7) is 6.62. The molecule has 2 aromatic carbocycles. The van der Waals surface area contributed by atoms with E-state index in [2.05, 4.69) is 15.0 Å². The van der Waals surface area contributed by atoms with Crippen molar-refractivity contribution in [3.8, 4) is 0 Å². The molecule has 5 nitrogen and oxygen atoms in total. The van der Waals surface area contributed by atoms with E-state index in [0.29, 0.717) is 29.4 Å². The lowest BCUT2D eigenvalue weighted by atomic mass is 10.1. The number of nitrogens with one attached hydrogen (secondary N) is 2. The first-order valence-corrected chi connectivity index (χ1v) is 11.0. The molecule has 3 rings (SSSR count). The summed E-state index contributed by atoms with van der Waals surface area (Å²) in [6, 6.07) is 11.3. The van der Waals surface area contributed by atoms with Crippen molar-refractivity contribution >= 4 is 38.2 Å². The molecule has 0 fully saturated rings. The maximum atomic E-state index is 12.7. The molecular formula is C21H24ClN3O2S. The minimum absolute atomic E-state index is 0.358. The fourth-order valence-electron chi connectivity index (χ4n) is 3.46. The Morgan fingerprint density at radius 1 is 1.00 bits per heavy atom. The molecule has 1 heterocycles. The summed E-state index contributed by atoms with van der Waals surface area (Å²) >= 11 is 6.02. The molecule has 0 amide bonds. The number of hydrogen-bond acceptors (Lipinski definition) is 4. The van der Waals surface area contributed by atoms with Gasteiger partial charge < -0.3 is 5.32 Å². The van der Waals surface area contributed by atoms with Crippen LogP contribution in [0.3, 0.4) is 0 Å². The summed E-state index contributed by atoms with van der Waals surface area (Å²) in [7, 11) is -3.53. The van der Waals surface area contributed by atoms with Crippen LogP contribution >= 0.6 is 11.6 Å². The average molecular weight is 418 g/mol. The molecule has 0 saturated carbocycles. The first-order valence-electron chi connectivity index (χ1n) is 9.13. The second-order valence-corrected chi connectivity index (χ2v) is 9.07. The van der Waals surface area contributed by atoms with Crippen LogP contribution in [-0.4, -0.2) is 26.5 Å². The van der Waals surface area contributed by atoms with Crippen LogP contribution < -0.4 is 10.0 Å². The van der Waals surface area contributed by atoms with Gasteiger partial charge in [0, 0.05) is 35.4 Å². The van der Waals surface area contributed by atoms with Crippen LogP contribution in [0.1, 0.15) is 23.1 Å². The van der Waals surface area contributed by atoms with Crippen LogP contribution in [0.4, 0.5) is 5.69 Å². The van der Waals surface area contributed by atoms with Gasteiger partial charge in [-0.05, 0) is 62.6 Å². The molecule has 0 aliphatic heterocycles. The quantitative estimate of drug-likeness (QED) is 0.551. The number of pyridine rings is 1. The zero-order chi connectivity index (χ0) is 20.3. The second-order valence-electron chi connectivity index (χ2n) is 6.93. The van der Waals surface area contributed by atoms with Crippen LogP contribution in [0.25, 0.3) is 10.9 Å². The van der Waals surface area contributed by atoms with Crippen molar-refractivity contribution < 1.29 is 8.42 Å². The van der Waals surface area contributed by atoms with E-state index in [9.17, 15) is 8.42 Å². The van der Waals surface area contributed by atoms with Crippen LogP contribution in [0.5, 0.6) is 0 Å². The van der Waals surface area contributed by atoms with Gasteiger partial charge in [-0.2, -0.15) is 0 Å². The number of sulfonamides is 1. The number of rotatable bonds is 7. The first kappa shape index (κ1) is 20.6. The lowest BCUT2D eigenvalue weighted by Gasteiger charge is -2.14. The molecule has 0 spiro atoms. The zero-order valence-corrected chi connectivity index (χ0v) is 17.8. The van der Waals surface area contributed by atoms with E-state index in [-0.39, 0.29) is 0 Å². The number of halogens is 1. The van der Waals surface area contributed by atoms with Crippen molar-refractivity contribution in [1.82, 2.24) is 9.71 Å². The summed E-state index contributed by atoms with van der Waals surface area (Å²) in [5.74, 6) is 0. The Bertz CT molecular complexity index is 1090. The van der Waals surface area contributed by atoms with Gasteiger partial charge in [0.15, 0.2) is 0 Å². The first-order chi connectivity index (χ1) is 13.3. The van der Waals surface area contributed by atoms with Crippen molar-refractivity contribution in [2.75, 3.05) is 18.4 Å². The maximum Gasteiger partial charge on any atom is 0.241 e. The number of aryl methyl sites for hydroxylation is 3. The van der Waals surface area contributed by atoms with Gasteiger partial charge in [0.2, 0.25) is 10.0 Å². The standard InChI is InChI=1S/C21H24ClN3O2S/c1-14-11-15(2)21(16(3)12-14)28(26,27)25-9-4-8-23-19-7-10-24-20-13-17(22)5-6-18(19)20/h5-7,10-13,25H,4,8-9H2,1-3H3,(H,23,24). The van der Waals surface area contributed by atoms with Crippen molar-refractivity contribution in [1.29, 1.82) is 0 Å². The minimum Gasteiger partial charge on any atom is -0.384 e. The molecule has 0 radical (unpaired) electrons. The highest BCUT2D eigenvalue weighted by molar-refractivity contribution is 7.89. The molecule has 7 heteroatoms. The van der Waals surface area contributed by atoms with E-state index < -0.39 is 10.0 Å². The van der Waals surface area contributed by atoms with Gasteiger partial charge >= 0.3 is 0 Å². The molecule has 1 aromatic heterocycles. The van der Waals surface area contributed by atoms with Crippen molar-refractivity contribution in [2.24, 2.45) is 0 Å². The highest BCUT2D eigenvalue weighted by Gasteiger charge is 2.19. The molecule has 0 atom stereocenters. The Morgan fingerprint density at radius 2 is 1.71 bits per heavy atom. The van der Waals surface area contributed by atoms with Gasteiger partial charge in [0.1, 0.15) is 0 Å². The Balaban J connectivity index is 1.60. The van der Waals surface area contributed by atoms with E-state index in [1.54, 1.807) is 6.20 Å². The van der Waals surface area contributed by atoms with E-state index in [1.807, 2.05) is 57.2 Å². The Labute approximate surface area is 171 Å². The normalized spacial score (nSPS) is 11.7. The molecule has 0 unspecified atom stereocenters. The van der Waals surface area contributed by atoms with Crippen molar-refractivity contribution in [3.05, 3.63) is 64.3 Å². The summed E-state index contributed by atoms with van der Waals surface area (Å²) in [5.41, 5.74) is 4.37. The SMILES string of the molecule is Cc1cc(C)c(S(=O)(=O)NCCCNc2ccnc3cc(Cl)ccc23)c(C)c1. The van der Waals surface area contributed by atoms with Gasteiger partial charge in [0.05, 0.1) is 10.4 Å². The number of benzene rings is 2. The lowest BCUT2D eigenvalue weighted by molar-refractivity contribution is 0.579. The Kier molecular flexibility index (Phi) is 6.23. The number of anilines is 1. The van der Waals surface area contributed by atoms with Crippen molar-refractivity contribution in [2.45, 2.75) is 32.1 Å². The maximum absolute atomic E-state index is 12.7. The zero-order valence-electron chi connectivity index (χ0n) is 16.2. The van der Waals surface area contributed by atoms with Gasteiger partial charge in [-0.1, -0.05) is 29.3 Å². The molecule has 148 valence electrons. The van der Waals surface area contributed by atoms with Crippen molar-refractivity contribution in [3.63, 3.8) is 0 Å². The number of nitrogens with zero attached hydrogens (tertiary/aromatic N) is 1. The topological polar surface area (TPSA) is 71.1 Å². The smallest absolute Gasteiger partial charge is 0.241 e. The third kappa shape index (κ3) is 4.63. The fraction of sp³-hybridized carbons (Fsp3) is 0.286. The molecule has 0 saturated heterocycles. The molecule has 0 aliphatic rings. The highest BCUT2D eigenvalue weighted by atomic mass is 35.5.